The Labute approximate surface area is 129 Å². The molecule has 1 heterocycles. The van der Waals surface area contributed by atoms with Gasteiger partial charge in [0.2, 0.25) is 5.79 Å². The number of phenols is 1. The van der Waals surface area contributed by atoms with E-state index >= 15 is 0 Å². The molecule has 1 N–H and O–H groups in total. The zero-order chi connectivity index (χ0) is 15.8. The SMILES string of the molecule is CC1(C)COC(c2ccc(O)cc2)(c2ccccc2F)OC1. The van der Waals surface area contributed by atoms with E-state index in [-0.39, 0.29) is 17.0 Å². The van der Waals surface area contributed by atoms with Gasteiger partial charge in [-0.1, -0.05) is 32.0 Å². The molecule has 0 bridgehead atoms. The molecule has 116 valence electrons. The third-order valence-electron chi connectivity index (χ3n) is 3.81. The summed E-state index contributed by atoms with van der Waals surface area (Å²) >= 11 is 0. The first-order valence-electron chi connectivity index (χ1n) is 7.25. The van der Waals surface area contributed by atoms with Crippen molar-refractivity contribution in [3.8, 4) is 5.75 Å². The maximum atomic E-state index is 14.4. The average Bonchev–Trinajstić information content (AvgIpc) is 2.50. The molecule has 0 aromatic heterocycles. The Morgan fingerprint density at radius 1 is 0.955 bits per heavy atom. The maximum absolute atomic E-state index is 14.4. The fourth-order valence-corrected chi connectivity index (χ4v) is 2.56. The van der Waals surface area contributed by atoms with E-state index in [2.05, 4.69) is 0 Å². The molecule has 1 aliphatic heterocycles. The quantitative estimate of drug-likeness (QED) is 0.917. The number of rotatable bonds is 2. The van der Waals surface area contributed by atoms with Crippen LogP contribution in [-0.2, 0) is 15.3 Å². The van der Waals surface area contributed by atoms with Crippen LogP contribution in [0.3, 0.4) is 0 Å². The van der Waals surface area contributed by atoms with Crippen molar-refractivity contribution in [2.75, 3.05) is 13.2 Å². The zero-order valence-electron chi connectivity index (χ0n) is 12.7. The summed E-state index contributed by atoms with van der Waals surface area (Å²) < 4.78 is 26.4. The first-order chi connectivity index (χ1) is 10.4. The normalized spacial score (nSPS) is 19.8. The van der Waals surface area contributed by atoms with Gasteiger partial charge in [0.15, 0.2) is 0 Å². The summed E-state index contributed by atoms with van der Waals surface area (Å²) in [5.41, 5.74) is 0.869. The predicted octanol–water partition coefficient (Wildman–Crippen LogP) is 3.81. The molecule has 2 aromatic carbocycles. The molecule has 2 aromatic rings. The third kappa shape index (κ3) is 2.60. The highest BCUT2D eigenvalue weighted by atomic mass is 19.1. The first kappa shape index (κ1) is 15.0. The van der Waals surface area contributed by atoms with Gasteiger partial charge in [0, 0.05) is 11.0 Å². The Bertz CT molecular complexity index is 654. The highest BCUT2D eigenvalue weighted by Crippen LogP contribution is 2.42. The van der Waals surface area contributed by atoms with Crippen LogP contribution in [0.5, 0.6) is 5.75 Å². The summed E-state index contributed by atoms with van der Waals surface area (Å²) in [6.07, 6.45) is 0. The van der Waals surface area contributed by atoms with Crippen LogP contribution in [0.15, 0.2) is 48.5 Å². The summed E-state index contributed by atoms with van der Waals surface area (Å²) in [6, 6.07) is 12.9. The average molecular weight is 302 g/mol. The number of hydrogen-bond donors (Lipinski definition) is 1. The number of halogens is 1. The van der Waals surface area contributed by atoms with E-state index in [4.69, 9.17) is 9.47 Å². The third-order valence-corrected chi connectivity index (χ3v) is 3.81. The van der Waals surface area contributed by atoms with Gasteiger partial charge in [-0.15, -0.1) is 0 Å². The molecule has 3 rings (SSSR count). The monoisotopic (exact) mass is 302 g/mol. The van der Waals surface area contributed by atoms with Crippen molar-refractivity contribution >= 4 is 0 Å². The molecule has 22 heavy (non-hydrogen) atoms. The Hall–Kier alpha value is -1.91. The van der Waals surface area contributed by atoms with Gasteiger partial charge < -0.3 is 14.6 Å². The van der Waals surface area contributed by atoms with Crippen LogP contribution in [0.2, 0.25) is 0 Å². The van der Waals surface area contributed by atoms with Crippen molar-refractivity contribution in [3.05, 3.63) is 65.5 Å². The van der Waals surface area contributed by atoms with Crippen LogP contribution >= 0.6 is 0 Å². The van der Waals surface area contributed by atoms with E-state index in [0.29, 0.717) is 24.3 Å². The standard InChI is InChI=1S/C18H19FO3/c1-17(2)11-21-18(22-12-17,13-7-9-14(20)10-8-13)15-5-3-4-6-16(15)19/h3-10,20H,11-12H2,1-2H3. The maximum Gasteiger partial charge on any atom is 0.225 e. The molecule has 0 amide bonds. The molecule has 3 nitrogen and oxygen atoms in total. The second-order valence-electron chi connectivity index (χ2n) is 6.38. The van der Waals surface area contributed by atoms with Crippen molar-refractivity contribution in [2.45, 2.75) is 19.6 Å². The predicted molar refractivity (Wildman–Crippen MR) is 81.0 cm³/mol. The van der Waals surface area contributed by atoms with Crippen LogP contribution in [-0.4, -0.2) is 18.3 Å². The second-order valence-corrected chi connectivity index (χ2v) is 6.38. The van der Waals surface area contributed by atoms with Gasteiger partial charge in [-0.3, -0.25) is 0 Å². The second kappa shape index (κ2) is 5.38. The van der Waals surface area contributed by atoms with E-state index in [1.807, 2.05) is 13.8 Å². The zero-order valence-corrected chi connectivity index (χ0v) is 12.7. The van der Waals surface area contributed by atoms with E-state index in [9.17, 15) is 9.50 Å². The lowest BCUT2D eigenvalue weighted by Crippen LogP contribution is -2.46. The van der Waals surface area contributed by atoms with Crippen LogP contribution < -0.4 is 0 Å². The van der Waals surface area contributed by atoms with Crippen LogP contribution in [0.25, 0.3) is 0 Å². The van der Waals surface area contributed by atoms with E-state index in [1.165, 1.54) is 6.07 Å². The van der Waals surface area contributed by atoms with Gasteiger partial charge in [-0.25, -0.2) is 4.39 Å². The molecule has 0 radical (unpaired) electrons. The molecular weight excluding hydrogens is 283 g/mol. The fraction of sp³-hybridized carbons (Fsp3) is 0.333. The molecule has 0 spiro atoms. The van der Waals surface area contributed by atoms with E-state index in [0.717, 1.165) is 0 Å². The summed E-state index contributed by atoms with van der Waals surface area (Å²) in [5, 5.41) is 9.49. The Morgan fingerprint density at radius 3 is 2.14 bits per heavy atom. The van der Waals surface area contributed by atoms with Crippen LogP contribution in [0.4, 0.5) is 4.39 Å². The lowest BCUT2D eigenvalue weighted by atomic mass is 9.90. The first-order valence-corrected chi connectivity index (χ1v) is 7.25. The summed E-state index contributed by atoms with van der Waals surface area (Å²) in [5.74, 6) is -1.52. The number of benzene rings is 2. The van der Waals surface area contributed by atoms with Gasteiger partial charge in [0.05, 0.1) is 18.8 Å². The van der Waals surface area contributed by atoms with E-state index < -0.39 is 5.79 Å². The number of ether oxygens (including phenoxy) is 2. The van der Waals surface area contributed by atoms with Gasteiger partial charge in [0.25, 0.3) is 0 Å². The van der Waals surface area contributed by atoms with E-state index in [1.54, 1.807) is 42.5 Å². The van der Waals surface area contributed by atoms with Crippen molar-refractivity contribution < 1.29 is 19.0 Å². The van der Waals surface area contributed by atoms with Gasteiger partial charge in [-0.2, -0.15) is 0 Å². The smallest absolute Gasteiger partial charge is 0.225 e. The molecule has 0 saturated carbocycles. The number of phenolic OH excluding ortho intramolecular Hbond substituents is 1. The molecule has 1 saturated heterocycles. The topological polar surface area (TPSA) is 38.7 Å². The highest BCUT2D eigenvalue weighted by molar-refractivity contribution is 5.37. The molecule has 4 heteroatoms. The van der Waals surface area contributed by atoms with Crippen LogP contribution in [0, 0.1) is 11.2 Å². The van der Waals surface area contributed by atoms with Gasteiger partial charge >= 0.3 is 0 Å². The molecule has 0 aliphatic carbocycles. The Kier molecular flexibility index (Phi) is 3.67. The summed E-state index contributed by atoms with van der Waals surface area (Å²) in [4.78, 5) is 0. The lowest BCUT2D eigenvalue weighted by molar-refractivity contribution is -0.285. The molecule has 0 atom stereocenters. The molecular formula is C18H19FO3. The fourth-order valence-electron chi connectivity index (χ4n) is 2.56. The van der Waals surface area contributed by atoms with Crippen molar-refractivity contribution in [3.63, 3.8) is 0 Å². The summed E-state index contributed by atoms with van der Waals surface area (Å²) in [7, 11) is 0. The van der Waals surface area contributed by atoms with Crippen molar-refractivity contribution in [1.82, 2.24) is 0 Å². The minimum Gasteiger partial charge on any atom is -0.508 e. The number of aromatic hydroxyl groups is 1. The highest BCUT2D eigenvalue weighted by Gasteiger charge is 2.45. The van der Waals surface area contributed by atoms with Crippen LogP contribution in [0.1, 0.15) is 25.0 Å². The Balaban J connectivity index is 2.11. The lowest BCUT2D eigenvalue weighted by Gasteiger charge is -2.44. The van der Waals surface area contributed by atoms with Gasteiger partial charge in [0.1, 0.15) is 11.6 Å². The minimum atomic E-state index is -1.28. The van der Waals surface area contributed by atoms with Crippen molar-refractivity contribution in [2.24, 2.45) is 5.41 Å². The Morgan fingerprint density at radius 2 is 1.55 bits per heavy atom. The molecule has 1 aliphatic rings. The van der Waals surface area contributed by atoms with Crippen molar-refractivity contribution in [1.29, 1.82) is 0 Å². The minimum absolute atomic E-state index is 0.133. The van der Waals surface area contributed by atoms with Gasteiger partial charge in [-0.05, 0) is 30.3 Å². The largest absolute Gasteiger partial charge is 0.508 e. The number of hydrogen-bond acceptors (Lipinski definition) is 3. The molecule has 1 fully saturated rings. The molecule has 0 unspecified atom stereocenters. The summed E-state index contributed by atoms with van der Waals surface area (Å²) in [6.45, 7) is 4.97.